The van der Waals surface area contributed by atoms with Crippen LogP contribution in [0, 0.1) is 0 Å². The summed E-state index contributed by atoms with van der Waals surface area (Å²) in [6, 6.07) is 63.9. The Kier molecular flexibility index (Phi) is 6.85. The molecule has 0 bridgehead atoms. The van der Waals surface area contributed by atoms with E-state index >= 15 is 0 Å². The van der Waals surface area contributed by atoms with Crippen molar-refractivity contribution in [1.29, 1.82) is 0 Å². The number of hydrogen-bond acceptors (Lipinski definition) is 3. The molecule has 1 aliphatic carbocycles. The second kappa shape index (κ2) is 12.1. The number of rotatable bonds is 4. The Labute approximate surface area is 334 Å². The molecule has 1 aliphatic rings. The highest BCUT2D eigenvalue weighted by Crippen LogP contribution is 2.50. The van der Waals surface area contributed by atoms with Crippen LogP contribution in [0.5, 0.6) is 0 Å². The minimum absolute atomic E-state index is 0.0305. The van der Waals surface area contributed by atoms with E-state index in [0.29, 0.717) is 5.95 Å². The van der Waals surface area contributed by atoms with Crippen LogP contribution in [0.2, 0.25) is 0 Å². The average Bonchev–Trinajstić information content (AvgIpc) is 3.88. The highest BCUT2D eigenvalue weighted by Gasteiger charge is 2.35. The second-order valence-electron chi connectivity index (χ2n) is 15.8. The fourth-order valence-corrected chi connectivity index (χ4v) is 10.7. The molecule has 3 nitrogen and oxygen atoms in total. The van der Waals surface area contributed by atoms with Crippen molar-refractivity contribution in [3.63, 3.8) is 0 Å². The Morgan fingerprint density at radius 2 is 1.11 bits per heavy atom. The Hall–Kier alpha value is -6.88. The van der Waals surface area contributed by atoms with Gasteiger partial charge in [0, 0.05) is 47.3 Å². The lowest BCUT2D eigenvalue weighted by molar-refractivity contribution is 0.660. The first kappa shape index (κ1) is 32.4. The molecular weight excluding hydrogens is 711 g/mol. The van der Waals surface area contributed by atoms with E-state index in [0.717, 1.165) is 33.2 Å². The first-order valence-corrected chi connectivity index (χ1v) is 20.4. The van der Waals surface area contributed by atoms with Crippen molar-refractivity contribution < 1.29 is 0 Å². The minimum Gasteiger partial charge on any atom is -0.278 e. The number of aromatic nitrogens is 3. The number of hydrogen-bond donors (Lipinski definition) is 0. The molecule has 268 valence electrons. The standard InChI is InChI=1S/C53H35N3S/c1-53(2)43-17-9-6-14-37(43)41-30-35(24-27-44(41)53)36-25-28-46-42(31-36)49-47(29-26-39-38-15-8-11-19-48(38)57-51(39)49)56(46)52-54-45-18-10-7-16-40(45)50(55-52)34-22-20-33(21-23-34)32-12-4-3-5-13-32/h3-31H,1-2H3. The van der Waals surface area contributed by atoms with Crippen LogP contribution < -0.4 is 0 Å². The predicted octanol–water partition coefficient (Wildman–Crippen LogP) is 14.4. The van der Waals surface area contributed by atoms with Gasteiger partial charge in [-0.15, -0.1) is 11.3 Å². The van der Waals surface area contributed by atoms with E-state index in [9.17, 15) is 0 Å². The lowest BCUT2D eigenvalue weighted by atomic mass is 9.82. The summed E-state index contributed by atoms with van der Waals surface area (Å²) < 4.78 is 4.87. The van der Waals surface area contributed by atoms with Gasteiger partial charge in [0.05, 0.1) is 22.2 Å². The summed E-state index contributed by atoms with van der Waals surface area (Å²) in [5.74, 6) is 0.667. The molecule has 3 aromatic heterocycles. The van der Waals surface area contributed by atoms with Gasteiger partial charge >= 0.3 is 0 Å². The van der Waals surface area contributed by atoms with Gasteiger partial charge in [-0.3, -0.25) is 4.57 Å². The molecule has 4 heteroatoms. The van der Waals surface area contributed by atoms with Gasteiger partial charge in [0.1, 0.15) is 0 Å². The third-order valence-electron chi connectivity index (χ3n) is 12.2. The maximum Gasteiger partial charge on any atom is 0.235 e. The lowest BCUT2D eigenvalue weighted by Gasteiger charge is -2.21. The van der Waals surface area contributed by atoms with Gasteiger partial charge in [-0.1, -0.05) is 153 Å². The van der Waals surface area contributed by atoms with Crippen LogP contribution in [0.25, 0.3) is 103 Å². The number of nitrogens with zero attached hydrogens (tertiary/aromatic N) is 3. The van der Waals surface area contributed by atoms with Crippen LogP contribution in [0.15, 0.2) is 176 Å². The number of para-hydroxylation sites is 1. The van der Waals surface area contributed by atoms with E-state index in [1.54, 1.807) is 0 Å². The second-order valence-corrected chi connectivity index (χ2v) is 16.8. The molecule has 3 heterocycles. The maximum absolute atomic E-state index is 5.45. The van der Waals surface area contributed by atoms with E-state index in [4.69, 9.17) is 9.97 Å². The first-order valence-electron chi connectivity index (χ1n) is 19.6. The Bertz CT molecular complexity index is 3420. The van der Waals surface area contributed by atoms with Gasteiger partial charge in [-0.05, 0) is 80.9 Å². The van der Waals surface area contributed by atoms with Crippen molar-refractivity contribution in [3.8, 4) is 50.6 Å². The molecule has 12 rings (SSSR count). The van der Waals surface area contributed by atoms with Crippen LogP contribution >= 0.6 is 11.3 Å². The summed E-state index contributed by atoms with van der Waals surface area (Å²) in [6.45, 7) is 4.68. The van der Waals surface area contributed by atoms with Crippen molar-refractivity contribution in [1.82, 2.24) is 14.5 Å². The van der Waals surface area contributed by atoms with Crippen LogP contribution in [0.1, 0.15) is 25.0 Å². The van der Waals surface area contributed by atoms with E-state index in [1.165, 1.54) is 75.5 Å². The van der Waals surface area contributed by atoms with Gasteiger partial charge in [0.25, 0.3) is 0 Å². The van der Waals surface area contributed by atoms with Gasteiger partial charge < -0.3 is 0 Å². The van der Waals surface area contributed by atoms with Crippen molar-refractivity contribution in [3.05, 3.63) is 187 Å². The monoisotopic (exact) mass is 745 g/mol. The van der Waals surface area contributed by atoms with Crippen molar-refractivity contribution in [2.45, 2.75) is 19.3 Å². The summed E-state index contributed by atoms with van der Waals surface area (Å²) in [5, 5.41) is 6.04. The largest absolute Gasteiger partial charge is 0.278 e. The Morgan fingerprint density at radius 3 is 1.98 bits per heavy atom. The minimum atomic E-state index is -0.0305. The highest BCUT2D eigenvalue weighted by molar-refractivity contribution is 7.26. The number of thiophene rings is 1. The molecule has 11 aromatic rings. The van der Waals surface area contributed by atoms with Crippen LogP contribution in [-0.4, -0.2) is 14.5 Å². The Balaban J connectivity index is 1.10. The molecule has 0 atom stereocenters. The van der Waals surface area contributed by atoms with Crippen LogP contribution in [-0.2, 0) is 5.41 Å². The fourth-order valence-electron chi connectivity index (χ4n) is 9.42. The normalized spacial score (nSPS) is 13.2. The summed E-state index contributed by atoms with van der Waals surface area (Å²) in [7, 11) is 0. The maximum atomic E-state index is 5.45. The van der Waals surface area contributed by atoms with Crippen molar-refractivity contribution in [2.24, 2.45) is 0 Å². The molecule has 0 aliphatic heterocycles. The molecule has 0 spiro atoms. The molecule has 8 aromatic carbocycles. The zero-order chi connectivity index (χ0) is 37.8. The number of fused-ring (bicyclic) bond motifs is 11. The molecule has 0 saturated heterocycles. The smallest absolute Gasteiger partial charge is 0.235 e. The van der Waals surface area contributed by atoms with Crippen molar-refractivity contribution >= 4 is 64.2 Å². The SMILES string of the molecule is CC1(C)c2ccccc2-c2cc(-c3ccc4c(c3)c3c5sc6ccccc6c5ccc3n4-c3nc(-c4ccc(-c5ccccc5)cc4)c4ccccc4n3)ccc21. The summed E-state index contributed by atoms with van der Waals surface area (Å²) >= 11 is 1.87. The highest BCUT2D eigenvalue weighted by atomic mass is 32.1. The first-order chi connectivity index (χ1) is 28.0. The summed E-state index contributed by atoms with van der Waals surface area (Å²) in [4.78, 5) is 10.8. The van der Waals surface area contributed by atoms with E-state index in [-0.39, 0.29) is 5.41 Å². The molecule has 0 saturated carbocycles. The van der Waals surface area contributed by atoms with E-state index < -0.39 is 0 Å². The number of benzene rings is 8. The fraction of sp³-hybridized carbons (Fsp3) is 0.0566. The zero-order valence-electron chi connectivity index (χ0n) is 31.5. The van der Waals surface area contributed by atoms with E-state index in [1.807, 2.05) is 11.3 Å². The molecule has 0 N–H and O–H groups in total. The summed E-state index contributed by atoms with van der Waals surface area (Å²) in [6.07, 6.45) is 0. The topological polar surface area (TPSA) is 30.7 Å². The van der Waals surface area contributed by atoms with Gasteiger partial charge in [0.2, 0.25) is 5.95 Å². The van der Waals surface area contributed by atoms with Crippen LogP contribution in [0.3, 0.4) is 0 Å². The average molecular weight is 746 g/mol. The molecular formula is C53H35N3S. The molecule has 0 radical (unpaired) electrons. The van der Waals surface area contributed by atoms with Gasteiger partial charge in [-0.2, -0.15) is 0 Å². The van der Waals surface area contributed by atoms with Crippen LogP contribution in [0.4, 0.5) is 0 Å². The van der Waals surface area contributed by atoms with Gasteiger partial charge in [-0.25, -0.2) is 9.97 Å². The quantitative estimate of drug-likeness (QED) is 0.180. The summed E-state index contributed by atoms with van der Waals surface area (Å²) in [5.41, 5.74) is 15.3. The molecule has 0 fully saturated rings. The van der Waals surface area contributed by atoms with Crippen molar-refractivity contribution in [2.75, 3.05) is 0 Å². The third kappa shape index (κ3) is 4.78. The molecule has 0 amide bonds. The Morgan fingerprint density at radius 1 is 0.456 bits per heavy atom. The molecule has 0 unspecified atom stereocenters. The van der Waals surface area contributed by atoms with E-state index in [2.05, 4.69) is 194 Å². The van der Waals surface area contributed by atoms with Gasteiger partial charge in [0.15, 0.2) is 0 Å². The predicted molar refractivity (Wildman–Crippen MR) is 241 cm³/mol. The lowest BCUT2D eigenvalue weighted by Crippen LogP contribution is -2.14. The molecule has 57 heavy (non-hydrogen) atoms. The third-order valence-corrected chi connectivity index (χ3v) is 13.5. The zero-order valence-corrected chi connectivity index (χ0v) is 32.3.